The third-order valence-corrected chi connectivity index (χ3v) is 4.82. The van der Waals surface area contributed by atoms with Crippen molar-refractivity contribution in [3.8, 4) is 5.75 Å². The SMILES string of the molecule is CC(=O)N1CCc2cc(C(=O)C(C)OC(=O)/C=C/c3ccc(OC(F)F)cc3)ccc21. The first-order valence-electron chi connectivity index (χ1n) is 9.63. The van der Waals surface area contributed by atoms with Crippen LogP contribution in [0.2, 0.25) is 0 Å². The number of ketones is 1. The Kier molecular flexibility index (Phi) is 6.79. The number of rotatable bonds is 7. The van der Waals surface area contributed by atoms with Gasteiger partial charge in [0.25, 0.3) is 0 Å². The van der Waals surface area contributed by atoms with Crippen LogP contribution in [0, 0.1) is 0 Å². The number of alkyl halides is 2. The van der Waals surface area contributed by atoms with Crippen LogP contribution in [0.1, 0.15) is 35.3 Å². The van der Waals surface area contributed by atoms with Gasteiger partial charge in [-0.05, 0) is 60.9 Å². The summed E-state index contributed by atoms with van der Waals surface area (Å²) in [5.41, 5.74) is 2.68. The fourth-order valence-electron chi connectivity index (χ4n) is 3.31. The molecule has 0 N–H and O–H groups in total. The first kappa shape index (κ1) is 22.1. The molecule has 0 bridgehead atoms. The lowest BCUT2D eigenvalue weighted by Crippen LogP contribution is -2.26. The van der Waals surface area contributed by atoms with Gasteiger partial charge in [-0.2, -0.15) is 8.78 Å². The standard InChI is InChI=1S/C23H21F2NO5/c1-14(22(29)18-6-9-20-17(13-18)11-12-26(20)15(2)27)30-21(28)10-5-16-3-7-19(8-4-16)31-23(24)25/h3-10,13-14,23H,11-12H2,1-2H3/b10-5+. The van der Waals surface area contributed by atoms with Crippen LogP contribution in [0.4, 0.5) is 14.5 Å². The summed E-state index contributed by atoms with van der Waals surface area (Å²) in [7, 11) is 0. The van der Waals surface area contributed by atoms with Crippen molar-refractivity contribution in [3.63, 3.8) is 0 Å². The first-order valence-corrected chi connectivity index (χ1v) is 9.63. The van der Waals surface area contributed by atoms with Gasteiger partial charge in [0.15, 0.2) is 6.10 Å². The van der Waals surface area contributed by atoms with E-state index in [1.165, 1.54) is 44.2 Å². The number of halogens is 2. The van der Waals surface area contributed by atoms with Crippen molar-refractivity contribution in [2.24, 2.45) is 0 Å². The Balaban J connectivity index is 1.59. The number of nitrogens with zero attached hydrogens (tertiary/aromatic N) is 1. The van der Waals surface area contributed by atoms with Crippen molar-refractivity contribution in [2.45, 2.75) is 33.0 Å². The van der Waals surface area contributed by atoms with E-state index in [2.05, 4.69) is 4.74 Å². The zero-order valence-corrected chi connectivity index (χ0v) is 17.0. The van der Waals surface area contributed by atoms with Crippen LogP contribution in [0.15, 0.2) is 48.5 Å². The average molecular weight is 429 g/mol. The molecule has 1 aliphatic rings. The lowest BCUT2D eigenvalue weighted by Gasteiger charge is -2.15. The maximum Gasteiger partial charge on any atom is 0.387 e. The predicted molar refractivity (Wildman–Crippen MR) is 110 cm³/mol. The van der Waals surface area contributed by atoms with Gasteiger partial charge in [0.05, 0.1) is 0 Å². The monoisotopic (exact) mass is 429 g/mol. The number of hydrogen-bond donors (Lipinski definition) is 0. The van der Waals surface area contributed by atoms with E-state index in [1.54, 1.807) is 23.1 Å². The highest BCUT2D eigenvalue weighted by atomic mass is 19.3. The van der Waals surface area contributed by atoms with E-state index in [1.807, 2.05) is 0 Å². The van der Waals surface area contributed by atoms with E-state index in [0.717, 1.165) is 17.3 Å². The van der Waals surface area contributed by atoms with Gasteiger partial charge in [-0.3, -0.25) is 9.59 Å². The highest BCUT2D eigenvalue weighted by Crippen LogP contribution is 2.29. The smallest absolute Gasteiger partial charge is 0.387 e. The zero-order chi connectivity index (χ0) is 22.5. The van der Waals surface area contributed by atoms with Gasteiger partial charge < -0.3 is 14.4 Å². The summed E-state index contributed by atoms with van der Waals surface area (Å²) in [4.78, 5) is 38.0. The fourth-order valence-corrected chi connectivity index (χ4v) is 3.31. The average Bonchev–Trinajstić information content (AvgIpc) is 3.15. The molecule has 1 amide bonds. The summed E-state index contributed by atoms with van der Waals surface area (Å²) >= 11 is 0. The molecule has 0 aromatic heterocycles. The number of carbonyl (C=O) groups excluding carboxylic acids is 3. The predicted octanol–water partition coefficient (Wildman–Crippen LogP) is 4.02. The van der Waals surface area contributed by atoms with Crippen LogP contribution in [-0.2, 0) is 20.7 Å². The van der Waals surface area contributed by atoms with Gasteiger partial charge in [-0.15, -0.1) is 0 Å². The van der Waals surface area contributed by atoms with E-state index in [9.17, 15) is 23.2 Å². The highest BCUT2D eigenvalue weighted by molar-refractivity contribution is 6.02. The molecular formula is C23H21F2NO5. The summed E-state index contributed by atoms with van der Waals surface area (Å²) in [6.07, 6.45) is 2.26. The third-order valence-electron chi connectivity index (χ3n) is 4.82. The van der Waals surface area contributed by atoms with Crippen LogP contribution in [0.25, 0.3) is 6.08 Å². The van der Waals surface area contributed by atoms with Gasteiger partial charge in [0, 0.05) is 30.8 Å². The normalized spacial score (nSPS) is 13.9. The number of amides is 1. The summed E-state index contributed by atoms with van der Waals surface area (Å²) < 4.78 is 33.8. The van der Waals surface area contributed by atoms with E-state index >= 15 is 0 Å². The minimum atomic E-state index is -2.91. The molecule has 31 heavy (non-hydrogen) atoms. The van der Waals surface area contributed by atoms with Gasteiger partial charge in [0.1, 0.15) is 5.75 Å². The molecule has 2 aromatic carbocycles. The second-order valence-electron chi connectivity index (χ2n) is 6.99. The Morgan fingerprint density at radius 2 is 1.81 bits per heavy atom. The Morgan fingerprint density at radius 1 is 1.10 bits per heavy atom. The van der Waals surface area contributed by atoms with Crippen molar-refractivity contribution in [1.29, 1.82) is 0 Å². The molecule has 6 nitrogen and oxygen atoms in total. The largest absolute Gasteiger partial charge is 0.451 e. The second kappa shape index (κ2) is 9.51. The molecule has 0 saturated carbocycles. The minimum absolute atomic E-state index is 0.00900. The molecule has 8 heteroatoms. The van der Waals surface area contributed by atoms with Crippen LogP contribution in [0.5, 0.6) is 5.75 Å². The molecule has 0 fully saturated rings. The zero-order valence-electron chi connectivity index (χ0n) is 17.0. The fraction of sp³-hybridized carbons (Fsp3) is 0.261. The van der Waals surface area contributed by atoms with E-state index in [0.29, 0.717) is 24.1 Å². The van der Waals surface area contributed by atoms with Crippen molar-refractivity contribution in [2.75, 3.05) is 11.4 Å². The number of ether oxygens (including phenoxy) is 2. The summed E-state index contributed by atoms with van der Waals surface area (Å²) in [5.74, 6) is -1.10. The van der Waals surface area contributed by atoms with Crippen molar-refractivity contribution in [1.82, 2.24) is 0 Å². The van der Waals surface area contributed by atoms with Crippen LogP contribution in [0.3, 0.4) is 0 Å². The second-order valence-corrected chi connectivity index (χ2v) is 6.99. The molecule has 0 spiro atoms. The summed E-state index contributed by atoms with van der Waals surface area (Å²) in [6, 6.07) is 10.8. The lowest BCUT2D eigenvalue weighted by molar-refractivity contribution is -0.140. The number of fused-ring (bicyclic) bond motifs is 1. The highest BCUT2D eigenvalue weighted by Gasteiger charge is 2.25. The third kappa shape index (κ3) is 5.53. The van der Waals surface area contributed by atoms with E-state index in [4.69, 9.17) is 4.74 Å². The molecule has 3 rings (SSSR count). The van der Waals surface area contributed by atoms with Crippen LogP contribution in [-0.4, -0.2) is 36.9 Å². The topological polar surface area (TPSA) is 72.9 Å². The summed E-state index contributed by atoms with van der Waals surface area (Å²) in [6.45, 7) is 0.649. The number of carbonyl (C=O) groups is 3. The van der Waals surface area contributed by atoms with Crippen LogP contribution < -0.4 is 9.64 Å². The Labute approximate surface area is 178 Å². The number of esters is 1. The van der Waals surface area contributed by atoms with E-state index < -0.39 is 18.7 Å². The molecule has 1 aliphatic heterocycles. The Hall–Kier alpha value is -3.55. The molecule has 2 aromatic rings. The molecule has 1 heterocycles. The van der Waals surface area contributed by atoms with Crippen LogP contribution >= 0.6 is 0 Å². The van der Waals surface area contributed by atoms with Crippen molar-refractivity contribution in [3.05, 3.63) is 65.2 Å². The molecule has 0 radical (unpaired) electrons. The maximum atomic E-state index is 12.6. The molecule has 1 atom stereocenters. The van der Waals surface area contributed by atoms with Crippen molar-refractivity contribution >= 4 is 29.4 Å². The molecule has 0 saturated heterocycles. The molecule has 0 aliphatic carbocycles. The number of anilines is 1. The van der Waals surface area contributed by atoms with Gasteiger partial charge in [-0.1, -0.05) is 12.1 Å². The number of Topliss-reactive ketones (excluding diaryl/α,β-unsaturated/α-hetero) is 1. The van der Waals surface area contributed by atoms with Gasteiger partial charge in [-0.25, -0.2) is 4.79 Å². The minimum Gasteiger partial charge on any atom is -0.451 e. The molecular weight excluding hydrogens is 408 g/mol. The van der Waals surface area contributed by atoms with Gasteiger partial charge >= 0.3 is 12.6 Å². The maximum absolute atomic E-state index is 12.6. The molecule has 1 unspecified atom stereocenters. The first-order chi connectivity index (χ1) is 14.7. The van der Waals surface area contributed by atoms with E-state index in [-0.39, 0.29) is 17.4 Å². The molecule has 162 valence electrons. The lowest BCUT2D eigenvalue weighted by atomic mass is 10.0. The van der Waals surface area contributed by atoms with Crippen molar-refractivity contribution < 1.29 is 32.6 Å². The Morgan fingerprint density at radius 3 is 2.45 bits per heavy atom. The number of benzene rings is 2. The quantitative estimate of drug-likeness (QED) is 0.378. The Bertz CT molecular complexity index is 1020. The van der Waals surface area contributed by atoms with Gasteiger partial charge in [0.2, 0.25) is 11.7 Å². The summed E-state index contributed by atoms with van der Waals surface area (Å²) in [5, 5.41) is 0. The number of hydrogen-bond acceptors (Lipinski definition) is 5.